The van der Waals surface area contributed by atoms with Crippen LogP contribution >= 0.6 is 82.6 Å². The fourth-order valence-electron chi connectivity index (χ4n) is 11.7. The van der Waals surface area contributed by atoms with Gasteiger partial charge in [-0.3, -0.25) is 29.8 Å². The third-order valence-corrected chi connectivity index (χ3v) is 21.4. The van der Waals surface area contributed by atoms with Gasteiger partial charge in [0.25, 0.3) is 0 Å². The Morgan fingerprint density at radius 3 is 1.13 bits per heavy atom. The third-order valence-electron chi connectivity index (χ3n) is 18.7. The van der Waals surface area contributed by atoms with E-state index in [1.54, 1.807) is 181 Å². The molecule has 11 aromatic carbocycles. The molecule has 11 aromatic rings. The zero-order chi connectivity index (χ0) is 108. The van der Waals surface area contributed by atoms with E-state index in [-0.39, 0.29) is 118 Å². The van der Waals surface area contributed by atoms with E-state index in [4.69, 9.17) is 90.8 Å². The molecule has 1 heterocycles. The Bertz CT molecular complexity index is 5970. The number of aliphatic hydroxyl groups is 2. The van der Waals surface area contributed by atoms with Crippen molar-refractivity contribution < 1.29 is 178 Å². The average molecular weight is 2280 g/mol. The summed E-state index contributed by atoms with van der Waals surface area (Å²) in [7, 11) is 11.1. The number of aliphatic hydroxyl groups excluding tert-OH is 2. The molecule has 145 heavy (non-hydrogen) atoms. The Kier molecular flexibility index (Phi) is 62.3. The SMILES string of the molecule is C1CCOC1.CC(C)(C)OC(=O)Nc1ccc(B(O)O)cc1.COC(=O)Cl.COC(=O)OCc1ccc(OC)c(-c2cccc(C(C)=O)c2)c1F.COC(Cl)Cl.COc1ccc(C=O)c(F)c1Br.COc1ccc(CO)c(F)c1-c1cccc(C(C)=O)c1.COc1ccc(CO)c(F)c1Br.COc1ccc(Cc2ccc(NC(=O)OC(C)(C)C)cc2)c(F)c1-c1cccc(C(C)=O)c1.COc1cccc(F)c1Br.[B].[H-].[Na+]. The molecule has 0 aromatic heterocycles. The number of rotatable bonds is 23. The van der Waals surface area contributed by atoms with Crippen LogP contribution in [0.4, 0.5) is 56.9 Å². The van der Waals surface area contributed by atoms with Crippen LogP contribution in [-0.4, -0.2) is 177 Å². The Labute approximate surface area is 904 Å². The molecular weight excluding hydrogens is 2170 g/mol. The molecule has 1 fully saturated rings. The second-order valence-electron chi connectivity index (χ2n) is 31.1. The maximum atomic E-state index is 15.6. The second kappa shape index (κ2) is 68.4. The summed E-state index contributed by atoms with van der Waals surface area (Å²) in [5.41, 5.74) is 5.43. The molecule has 3 radical (unpaired) electrons. The van der Waals surface area contributed by atoms with E-state index in [1.807, 2.05) is 12.1 Å². The largest absolute Gasteiger partial charge is 1.00 e. The van der Waals surface area contributed by atoms with Gasteiger partial charge in [-0.15, -0.1) is 0 Å². The van der Waals surface area contributed by atoms with Crippen LogP contribution in [0.2, 0.25) is 0 Å². The van der Waals surface area contributed by atoms with E-state index in [2.05, 4.69) is 84.2 Å². The summed E-state index contributed by atoms with van der Waals surface area (Å²) in [5.74, 6) is -0.816. The Morgan fingerprint density at radius 1 is 0.462 bits per heavy atom. The van der Waals surface area contributed by atoms with Crippen LogP contribution in [0, 0.1) is 34.9 Å². The number of anilines is 2. The van der Waals surface area contributed by atoms with Crippen LogP contribution in [0.25, 0.3) is 33.4 Å². The summed E-state index contributed by atoms with van der Waals surface area (Å²) in [5, 5.41) is 40.2. The first-order chi connectivity index (χ1) is 67.6. The normalized spacial score (nSPS) is 10.6. The van der Waals surface area contributed by atoms with Crippen molar-refractivity contribution in [2.75, 3.05) is 87.8 Å². The van der Waals surface area contributed by atoms with E-state index in [9.17, 15) is 60.3 Å². The van der Waals surface area contributed by atoms with E-state index in [0.717, 1.165) is 18.8 Å². The predicted octanol–water partition coefficient (Wildman–Crippen LogP) is 21.6. The predicted molar refractivity (Wildman–Crippen MR) is 554 cm³/mol. The molecule has 0 saturated carbocycles. The quantitative estimate of drug-likeness (QED) is 0.00506. The number of carbonyl (C=O) groups is 8. The van der Waals surface area contributed by atoms with Crippen molar-refractivity contribution in [3.8, 4) is 67.9 Å². The van der Waals surface area contributed by atoms with E-state index >= 15 is 4.39 Å². The number of carbonyl (C=O) groups excluding carboxylic acids is 8. The van der Waals surface area contributed by atoms with Crippen molar-refractivity contribution in [2.24, 2.45) is 0 Å². The molecule has 6 N–H and O–H groups in total. The standard InChI is InChI=1S/C27H28FNO4.C18H17FO5.C16H15FO3.C11H16BNO4.C8H8BrFO2.C8H6BrFO2.C7H6BrFO.C4H8O.C2H4Cl2O.C2H3ClO2.B.Na.H/c1-17(30)19-7-6-8-20(16-19)24-23(32-5)14-11-21(25(24)28)15-18-9-12-22(13-10-18)29-26(31)33-27(2,3)4;1-11(20)12-5-4-6-13(9-12)16-15(22-2)8-7-14(17(16)19)10-24-18(21)23-3;1-10(19)11-4-3-5-12(8-11)15-14(20-2)7-6-13(9-18)16(15)17;1-11(2,3)17-10(14)13-9-6-4-8(5-7-9)12(15)16;2*1-12-6-3-2-5(4-11)8(10)7(6)9;1-10-6-4-2-3-5(9)7(6)8;1-2-4-5-3-1;2*1-5-2(3)4;;;/h6-14,16H,15H2,1-5H3,(H,29,31);4-9H,10H2,1-3H3;3-8,18H,9H2,1-2H3;4-7,15-16H,1-3H3,(H,13,14);2-3,11H,4H2,1H3;2-4H,1H3;2-4H,1H3;1-4H2;2H,1H3;1H3;;;/q;;;;;;;;;;;+1;-1. The van der Waals surface area contributed by atoms with E-state index in [1.165, 1.54) is 146 Å². The minimum absolute atomic E-state index is 0. The van der Waals surface area contributed by atoms with Crippen molar-refractivity contribution in [3.63, 3.8) is 0 Å². The summed E-state index contributed by atoms with van der Waals surface area (Å²) in [6.45, 7) is 16.1. The summed E-state index contributed by atoms with van der Waals surface area (Å²) < 4.78 is 147. The molecule has 42 heteroatoms. The van der Waals surface area contributed by atoms with Gasteiger partial charge < -0.3 is 83.3 Å². The third kappa shape index (κ3) is 46.3. The summed E-state index contributed by atoms with van der Waals surface area (Å²) in [6.07, 6.45) is 1.38. The Hall–Kier alpha value is -11.0. The number of benzene rings is 11. The number of ketones is 3. The smallest absolute Gasteiger partial charge is 1.00 e. The average Bonchev–Trinajstić information content (AvgIpc) is 0.818. The number of amides is 2. The molecule has 0 bridgehead atoms. The first-order valence-electron chi connectivity index (χ1n) is 42.6. The van der Waals surface area contributed by atoms with Crippen LogP contribution in [0.3, 0.4) is 0 Å². The van der Waals surface area contributed by atoms with Crippen LogP contribution in [-0.2, 0) is 59.4 Å². The Morgan fingerprint density at radius 2 is 0.800 bits per heavy atom. The molecule has 1 aliphatic heterocycles. The van der Waals surface area contributed by atoms with Crippen LogP contribution < -0.4 is 74.1 Å². The topological polar surface area (TPSA) is 362 Å². The number of nitrogens with one attached hydrogen (secondary N) is 2. The second-order valence-corrected chi connectivity index (χ2v) is 34.8. The van der Waals surface area contributed by atoms with Gasteiger partial charge in [0.15, 0.2) is 29.5 Å². The summed E-state index contributed by atoms with van der Waals surface area (Å²) >= 11 is 23.6. The van der Waals surface area contributed by atoms with Gasteiger partial charge >= 0.3 is 60.4 Å². The van der Waals surface area contributed by atoms with Crippen molar-refractivity contribution in [1.82, 2.24) is 0 Å². The van der Waals surface area contributed by atoms with Gasteiger partial charge in [0.05, 0.1) is 106 Å². The van der Waals surface area contributed by atoms with Gasteiger partial charge in [-0.05, 0) is 253 Å². The minimum atomic E-state index is -1.51. The molecule has 0 spiro atoms. The van der Waals surface area contributed by atoms with Crippen molar-refractivity contribution in [2.45, 2.75) is 118 Å². The molecule has 0 unspecified atom stereocenters. The van der Waals surface area contributed by atoms with Crippen LogP contribution in [0.15, 0.2) is 214 Å². The number of Topliss-reactive ketones (excluding diaryl/α,β-unsaturated/α-hetero) is 3. The maximum absolute atomic E-state index is 15.6. The number of aldehydes is 1. The van der Waals surface area contributed by atoms with Crippen LogP contribution in [0.1, 0.15) is 146 Å². The van der Waals surface area contributed by atoms with Gasteiger partial charge in [0, 0.05) is 91.5 Å². The monoisotopic (exact) mass is 2280 g/mol. The van der Waals surface area contributed by atoms with Crippen LogP contribution in [0.5, 0.6) is 34.5 Å². The zero-order valence-electron chi connectivity index (χ0n) is 83.9. The van der Waals surface area contributed by atoms with Gasteiger partial charge in [-0.2, -0.15) is 0 Å². The van der Waals surface area contributed by atoms with Crippen molar-refractivity contribution >= 4 is 162 Å². The van der Waals surface area contributed by atoms with Gasteiger partial charge in [0.2, 0.25) is 5.02 Å². The van der Waals surface area contributed by atoms with E-state index < -0.39 is 82.8 Å². The number of hydrogen-bond donors (Lipinski definition) is 6. The van der Waals surface area contributed by atoms with Crippen molar-refractivity contribution in [1.29, 1.82) is 0 Å². The number of halogens is 12. The molecule has 775 valence electrons. The van der Waals surface area contributed by atoms with E-state index in [0.29, 0.717) is 113 Å². The number of alkyl halides is 2. The number of hydrogen-bond acceptors (Lipinski definition) is 25. The first-order valence-corrected chi connectivity index (χ1v) is 46.2. The summed E-state index contributed by atoms with van der Waals surface area (Å²) in [4.78, 5) is 88.8. The van der Waals surface area contributed by atoms with Gasteiger partial charge in [0.1, 0.15) is 81.4 Å². The summed E-state index contributed by atoms with van der Waals surface area (Å²) in [6, 6.07) is 53.6. The number of ether oxygens (including phenoxy) is 13. The molecule has 2 amide bonds. The fourth-order valence-corrected chi connectivity index (χ4v) is 13.2. The molecule has 12 rings (SSSR count). The molecule has 1 aliphatic rings. The molecule has 1 saturated heterocycles. The maximum Gasteiger partial charge on any atom is 1.00 e. The van der Waals surface area contributed by atoms with Gasteiger partial charge in [-0.1, -0.05) is 126 Å². The minimum Gasteiger partial charge on any atom is -1.00 e. The first kappa shape index (κ1) is 132. The Balaban J connectivity index is 0.00000168. The van der Waals surface area contributed by atoms with Crippen molar-refractivity contribution in [3.05, 3.63) is 299 Å². The zero-order valence-corrected chi connectivity index (χ0v) is 91.9. The fraction of sp³-hybridized carbons (Fsp3) is 0.282. The number of methoxy groups -OCH3 is 9. The molecule has 27 nitrogen and oxygen atoms in total. The molecular formula is C103H112B2Br3Cl3F6N2NaO25. The van der Waals surface area contributed by atoms with Gasteiger partial charge in [-0.25, -0.2) is 45.5 Å². The molecule has 0 aliphatic carbocycles. The molecule has 0 atom stereocenters.